The Morgan fingerprint density at radius 2 is 0.745 bits per heavy atom. The lowest BCUT2D eigenvalue weighted by Crippen LogP contribution is -2.38. The average molecular weight is 625 g/mol. The van der Waals surface area contributed by atoms with E-state index in [0.29, 0.717) is 23.3 Å². The lowest BCUT2D eigenvalue weighted by molar-refractivity contribution is -0.0567. The molecule has 7 heteroatoms. The normalized spacial score (nSPS) is 13.4. The minimum Gasteiger partial charge on any atom is -0.482 e. The molecule has 2 aromatic heterocycles. The molecule has 4 unspecified atom stereocenters. The van der Waals surface area contributed by atoms with Gasteiger partial charge >= 0.3 is 0 Å². The molecule has 0 saturated heterocycles. The molecule has 4 atom stereocenters. The molecule has 47 heavy (non-hydrogen) atoms. The summed E-state index contributed by atoms with van der Waals surface area (Å²) in [7, 11) is 0. The van der Waals surface area contributed by atoms with Crippen molar-refractivity contribution in [1.82, 2.24) is 9.97 Å². The topological polar surface area (TPSA) is 71.9 Å². The average Bonchev–Trinajstić information content (AvgIpc) is 3.14. The van der Waals surface area contributed by atoms with Crippen molar-refractivity contribution in [2.45, 2.75) is 24.4 Å². The van der Waals surface area contributed by atoms with Gasteiger partial charge in [-0.3, -0.25) is 0 Å². The van der Waals surface area contributed by atoms with Crippen LogP contribution in [0, 0.1) is 0 Å². The van der Waals surface area contributed by atoms with Crippen LogP contribution < -0.4 is 18.9 Å². The molecule has 0 aliphatic rings. The van der Waals surface area contributed by atoms with Gasteiger partial charge in [0.15, 0.2) is 24.4 Å². The number of nitrogens with zero attached hydrogens (tertiary/aromatic N) is 2. The van der Waals surface area contributed by atoms with Crippen LogP contribution in [0.4, 0.5) is 0 Å². The van der Waals surface area contributed by atoms with Gasteiger partial charge in [-0.15, -0.1) is 0 Å². The summed E-state index contributed by atoms with van der Waals surface area (Å²) < 4.78 is 32.7. The van der Waals surface area contributed by atoms with Gasteiger partial charge < -0.3 is 23.7 Å². The van der Waals surface area contributed by atoms with Gasteiger partial charge in [0.25, 0.3) is 0 Å². The van der Waals surface area contributed by atoms with E-state index in [2.05, 4.69) is 9.97 Å². The standard InChI is InChI=1S/C40H36N2O5/c1-5-17-31(18-6-1)39(44-33-21-9-3-10-22-33)35(46-37-25-13-15-27-41-37)29-43-30-36(47-38-26-14-16-28-42-38)40(32-19-7-2-8-20-32)45-34-23-11-4-12-24-34/h1-28,35-36,39-40H,29-30H2. The Morgan fingerprint density at radius 3 is 1.11 bits per heavy atom. The van der Waals surface area contributed by atoms with E-state index in [9.17, 15) is 0 Å². The van der Waals surface area contributed by atoms with Crippen LogP contribution in [-0.4, -0.2) is 35.4 Å². The minimum absolute atomic E-state index is 0.165. The zero-order valence-electron chi connectivity index (χ0n) is 25.8. The van der Waals surface area contributed by atoms with E-state index in [4.69, 9.17) is 23.7 Å². The maximum Gasteiger partial charge on any atom is 0.213 e. The van der Waals surface area contributed by atoms with E-state index in [1.165, 1.54) is 0 Å². The lowest BCUT2D eigenvalue weighted by atomic mass is 10.0. The fraction of sp³-hybridized carbons (Fsp3) is 0.150. The summed E-state index contributed by atoms with van der Waals surface area (Å²) in [4.78, 5) is 8.86. The van der Waals surface area contributed by atoms with E-state index in [0.717, 1.165) is 11.1 Å². The van der Waals surface area contributed by atoms with E-state index in [1.54, 1.807) is 12.4 Å². The van der Waals surface area contributed by atoms with Crippen LogP contribution in [0.15, 0.2) is 170 Å². The fourth-order valence-electron chi connectivity index (χ4n) is 5.10. The molecule has 6 rings (SSSR count). The highest BCUT2D eigenvalue weighted by Crippen LogP contribution is 2.30. The summed E-state index contributed by atoms with van der Waals surface area (Å²) in [5, 5.41) is 0. The minimum atomic E-state index is -0.576. The zero-order valence-corrected chi connectivity index (χ0v) is 25.8. The third-order valence-corrected chi connectivity index (χ3v) is 7.33. The van der Waals surface area contributed by atoms with Crippen LogP contribution in [0.5, 0.6) is 23.3 Å². The van der Waals surface area contributed by atoms with Gasteiger partial charge in [-0.2, -0.15) is 0 Å². The van der Waals surface area contributed by atoms with E-state index >= 15 is 0 Å². The number of benzene rings is 4. The molecule has 4 aromatic carbocycles. The van der Waals surface area contributed by atoms with Crippen molar-refractivity contribution in [3.05, 3.63) is 181 Å². The Balaban J connectivity index is 1.29. The van der Waals surface area contributed by atoms with Crippen molar-refractivity contribution in [3.8, 4) is 23.3 Å². The lowest BCUT2D eigenvalue weighted by Gasteiger charge is -2.31. The summed E-state index contributed by atoms with van der Waals surface area (Å²) in [5.74, 6) is 2.37. The molecule has 7 nitrogen and oxygen atoms in total. The van der Waals surface area contributed by atoms with Crippen LogP contribution >= 0.6 is 0 Å². The predicted molar refractivity (Wildman–Crippen MR) is 181 cm³/mol. The Kier molecular flexibility index (Phi) is 11.1. The number of rotatable bonds is 16. The van der Waals surface area contributed by atoms with Gasteiger partial charge in [0, 0.05) is 24.5 Å². The predicted octanol–water partition coefficient (Wildman–Crippen LogP) is 8.33. The summed E-state index contributed by atoms with van der Waals surface area (Å²) >= 11 is 0. The van der Waals surface area contributed by atoms with Crippen molar-refractivity contribution in [2.24, 2.45) is 0 Å². The molecule has 0 aliphatic heterocycles. The number of pyridine rings is 2. The van der Waals surface area contributed by atoms with Gasteiger partial charge in [-0.05, 0) is 47.5 Å². The third-order valence-electron chi connectivity index (χ3n) is 7.33. The Labute approximate surface area is 275 Å². The first-order chi connectivity index (χ1) is 23.3. The molecule has 0 radical (unpaired) electrons. The van der Waals surface area contributed by atoms with Gasteiger partial charge in [0.1, 0.15) is 11.5 Å². The second kappa shape index (κ2) is 16.6. The summed E-state index contributed by atoms with van der Waals surface area (Å²) in [6, 6.07) is 50.5. The van der Waals surface area contributed by atoms with Gasteiger partial charge in [-0.25, -0.2) is 9.97 Å². The molecule has 236 valence electrons. The van der Waals surface area contributed by atoms with E-state index in [-0.39, 0.29) is 13.2 Å². The largest absolute Gasteiger partial charge is 0.482 e. The molecule has 6 aromatic rings. The molecule has 0 fully saturated rings. The Morgan fingerprint density at radius 1 is 0.383 bits per heavy atom. The first-order valence-electron chi connectivity index (χ1n) is 15.6. The third kappa shape index (κ3) is 9.19. The molecule has 0 saturated carbocycles. The van der Waals surface area contributed by atoms with E-state index < -0.39 is 24.4 Å². The van der Waals surface area contributed by atoms with Gasteiger partial charge in [0.05, 0.1) is 13.2 Å². The molecule has 0 aliphatic carbocycles. The van der Waals surface area contributed by atoms with Gasteiger partial charge in [0.2, 0.25) is 11.8 Å². The van der Waals surface area contributed by atoms with Crippen molar-refractivity contribution in [3.63, 3.8) is 0 Å². The summed E-state index contributed by atoms with van der Waals surface area (Å²) in [6.45, 7) is 0.329. The number of hydrogen-bond donors (Lipinski definition) is 0. The fourth-order valence-corrected chi connectivity index (χ4v) is 5.10. The monoisotopic (exact) mass is 624 g/mol. The SMILES string of the molecule is c1ccc(OC(c2ccccc2)C(COCC(Oc2ccccn2)C(Oc2ccccc2)c2ccccc2)Oc2ccccn2)cc1. The number of aromatic nitrogens is 2. The molecular weight excluding hydrogens is 588 g/mol. The molecule has 0 N–H and O–H groups in total. The van der Waals surface area contributed by atoms with Crippen LogP contribution in [0.1, 0.15) is 23.3 Å². The molecule has 0 bridgehead atoms. The first-order valence-corrected chi connectivity index (χ1v) is 15.6. The molecular formula is C40H36N2O5. The number of hydrogen-bond acceptors (Lipinski definition) is 7. The molecule has 2 heterocycles. The highest BCUT2D eigenvalue weighted by Gasteiger charge is 2.32. The number of ether oxygens (including phenoxy) is 5. The van der Waals surface area contributed by atoms with Crippen LogP contribution in [0.25, 0.3) is 0 Å². The molecule has 0 spiro atoms. The molecule has 0 amide bonds. The first kappa shape index (κ1) is 31.3. The van der Waals surface area contributed by atoms with Crippen LogP contribution in [-0.2, 0) is 4.74 Å². The van der Waals surface area contributed by atoms with Crippen molar-refractivity contribution in [1.29, 1.82) is 0 Å². The summed E-state index contributed by atoms with van der Waals surface area (Å²) in [5.41, 5.74) is 1.88. The Hall–Kier alpha value is -5.66. The van der Waals surface area contributed by atoms with Crippen molar-refractivity contribution < 1.29 is 23.7 Å². The second-order valence-electron chi connectivity index (χ2n) is 10.7. The van der Waals surface area contributed by atoms with Gasteiger partial charge in [-0.1, -0.05) is 109 Å². The van der Waals surface area contributed by atoms with E-state index in [1.807, 2.05) is 158 Å². The van der Waals surface area contributed by atoms with Crippen LogP contribution in [0.3, 0.4) is 0 Å². The maximum absolute atomic E-state index is 6.59. The van der Waals surface area contributed by atoms with Crippen LogP contribution in [0.2, 0.25) is 0 Å². The zero-order chi connectivity index (χ0) is 31.9. The highest BCUT2D eigenvalue weighted by atomic mass is 16.6. The smallest absolute Gasteiger partial charge is 0.213 e. The second-order valence-corrected chi connectivity index (χ2v) is 10.7. The maximum atomic E-state index is 6.59. The quantitative estimate of drug-likeness (QED) is 0.107. The summed E-state index contributed by atoms with van der Waals surface area (Å²) in [6.07, 6.45) is 1.22. The number of para-hydroxylation sites is 2. The van der Waals surface area contributed by atoms with Crippen molar-refractivity contribution in [2.75, 3.05) is 13.2 Å². The Bertz CT molecular complexity index is 1580. The highest BCUT2D eigenvalue weighted by molar-refractivity contribution is 5.27. The van der Waals surface area contributed by atoms with Crippen molar-refractivity contribution >= 4 is 0 Å².